The van der Waals surface area contributed by atoms with Crippen molar-refractivity contribution < 1.29 is 19.1 Å². The first kappa shape index (κ1) is 19.5. The van der Waals surface area contributed by atoms with Gasteiger partial charge in [0, 0.05) is 37.8 Å². The average molecular weight is 394 g/mol. The van der Waals surface area contributed by atoms with Crippen molar-refractivity contribution in [3.05, 3.63) is 59.7 Å². The zero-order valence-corrected chi connectivity index (χ0v) is 16.8. The summed E-state index contributed by atoms with van der Waals surface area (Å²) >= 11 is 0. The molecule has 0 unspecified atom stereocenters. The van der Waals surface area contributed by atoms with E-state index in [2.05, 4.69) is 4.90 Å². The second kappa shape index (κ2) is 8.25. The number of carbonyl (C=O) groups excluding carboxylic acids is 2. The molecule has 0 radical (unpaired) electrons. The van der Waals surface area contributed by atoms with Crippen LogP contribution in [0.3, 0.4) is 0 Å². The Balaban J connectivity index is 1.39. The molecule has 0 N–H and O–H groups in total. The third-order valence-electron chi connectivity index (χ3n) is 5.92. The molecule has 29 heavy (non-hydrogen) atoms. The van der Waals surface area contributed by atoms with E-state index in [9.17, 15) is 9.59 Å². The molecule has 2 aliphatic heterocycles. The van der Waals surface area contributed by atoms with Crippen LogP contribution in [0.15, 0.2) is 48.5 Å². The summed E-state index contributed by atoms with van der Waals surface area (Å²) in [4.78, 5) is 29.4. The smallest absolute Gasteiger partial charge is 0.234 e. The topological polar surface area (TPSA) is 59.1 Å². The summed E-state index contributed by atoms with van der Waals surface area (Å²) in [6.07, 6.45) is 0.699. The minimum absolute atomic E-state index is 0.0277. The molecule has 2 aromatic rings. The summed E-state index contributed by atoms with van der Waals surface area (Å²) in [5.41, 5.74) is 2.16. The van der Waals surface area contributed by atoms with Crippen LogP contribution in [0.5, 0.6) is 11.5 Å². The molecule has 2 heterocycles. The Morgan fingerprint density at radius 2 is 1.62 bits per heavy atom. The Labute approximate surface area is 171 Å². The summed E-state index contributed by atoms with van der Waals surface area (Å²) in [5, 5.41) is 0. The van der Waals surface area contributed by atoms with Gasteiger partial charge in [0.05, 0.1) is 26.1 Å². The van der Waals surface area contributed by atoms with Crippen LogP contribution in [0.4, 0.5) is 0 Å². The molecule has 2 aromatic carbocycles. The van der Waals surface area contributed by atoms with Gasteiger partial charge >= 0.3 is 0 Å². The van der Waals surface area contributed by atoms with Crippen molar-refractivity contribution in [2.75, 3.05) is 33.9 Å². The number of likely N-dealkylation sites (tertiary alicyclic amines) is 2. The van der Waals surface area contributed by atoms with Gasteiger partial charge in [0.25, 0.3) is 0 Å². The van der Waals surface area contributed by atoms with Crippen LogP contribution < -0.4 is 9.47 Å². The Hall–Kier alpha value is -2.86. The van der Waals surface area contributed by atoms with E-state index in [0.29, 0.717) is 32.6 Å². The standard InChI is InChI=1S/C23H26N2O4/c1-28-18-9-8-17(21(12-18)29-2)13-24-14-19-20(15-24)23(27)25(22(19)26)11-10-16-6-4-3-5-7-16/h3-9,12,19-20H,10-11,13-15H2,1-2H3/t19-,20+. The number of nitrogens with zero attached hydrogens (tertiary/aromatic N) is 2. The molecule has 0 aliphatic carbocycles. The van der Waals surface area contributed by atoms with Crippen LogP contribution >= 0.6 is 0 Å². The van der Waals surface area contributed by atoms with Crippen LogP contribution in [0.25, 0.3) is 0 Å². The largest absolute Gasteiger partial charge is 0.497 e. The molecule has 0 spiro atoms. The van der Waals surface area contributed by atoms with Crippen LogP contribution in [-0.2, 0) is 22.6 Å². The first-order valence-corrected chi connectivity index (χ1v) is 9.93. The predicted octanol–water partition coefficient (Wildman–Crippen LogP) is 2.36. The van der Waals surface area contributed by atoms with Gasteiger partial charge in [0.15, 0.2) is 0 Å². The molecule has 0 aromatic heterocycles. The van der Waals surface area contributed by atoms with Crippen LogP contribution in [0.1, 0.15) is 11.1 Å². The Morgan fingerprint density at radius 3 is 2.24 bits per heavy atom. The molecule has 2 saturated heterocycles. The van der Waals surface area contributed by atoms with Gasteiger partial charge in [-0.05, 0) is 18.1 Å². The predicted molar refractivity (Wildman–Crippen MR) is 109 cm³/mol. The Bertz CT molecular complexity index is 875. The number of imide groups is 1. The lowest BCUT2D eigenvalue weighted by Gasteiger charge is -2.21. The minimum atomic E-state index is -0.234. The summed E-state index contributed by atoms with van der Waals surface area (Å²) in [6, 6.07) is 15.7. The second-order valence-electron chi connectivity index (χ2n) is 7.65. The van der Waals surface area contributed by atoms with Gasteiger partial charge in [0.2, 0.25) is 11.8 Å². The van der Waals surface area contributed by atoms with E-state index < -0.39 is 0 Å². The van der Waals surface area contributed by atoms with Gasteiger partial charge in [-0.2, -0.15) is 0 Å². The fourth-order valence-electron chi connectivity index (χ4n) is 4.35. The van der Waals surface area contributed by atoms with E-state index in [1.807, 2.05) is 48.5 Å². The van der Waals surface area contributed by atoms with Crippen molar-refractivity contribution in [1.29, 1.82) is 0 Å². The number of carbonyl (C=O) groups is 2. The summed E-state index contributed by atoms with van der Waals surface area (Å²) in [7, 11) is 3.26. The van der Waals surface area contributed by atoms with E-state index in [1.54, 1.807) is 14.2 Å². The van der Waals surface area contributed by atoms with E-state index in [0.717, 1.165) is 22.6 Å². The van der Waals surface area contributed by atoms with Crippen LogP contribution in [-0.4, -0.2) is 55.5 Å². The van der Waals surface area contributed by atoms with Crippen molar-refractivity contribution in [2.45, 2.75) is 13.0 Å². The lowest BCUT2D eigenvalue weighted by molar-refractivity contribution is -0.140. The summed E-state index contributed by atoms with van der Waals surface area (Å²) in [6.45, 7) is 2.31. The van der Waals surface area contributed by atoms with Crippen molar-refractivity contribution in [3.8, 4) is 11.5 Å². The van der Waals surface area contributed by atoms with E-state index in [4.69, 9.17) is 9.47 Å². The van der Waals surface area contributed by atoms with Gasteiger partial charge in [-0.3, -0.25) is 19.4 Å². The normalized spacial score (nSPS) is 21.5. The number of hydrogen-bond acceptors (Lipinski definition) is 5. The van der Waals surface area contributed by atoms with Crippen LogP contribution in [0.2, 0.25) is 0 Å². The zero-order valence-electron chi connectivity index (χ0n) is 16.8. The van der Waals surface area contributed by atoms with Gasteiger partial charge in [-0.1, -0.05) is 36.4 Å². The summed E-state index contributed by atoms with van der Waals surface area (Å²) < 4.78 is 10.7. The van der Waals surface area contributed by atoms with Crippen molar-refractivity contribution in [2.24, 2.45) is 11.8 Å². The quantitative estimate of drug-likeness (QED) is 0.675. The maximum Gasteiger partial charge on any atom is 0.234 e. The molecule has 4 rings (SSSR count). The maximum absolute atomic E-state index is 12.9. The Morgan fingerprint density at radius 1 is 0.931 bits per heavy atom. The first-order chi connectivity index (χ1) is 14.1. The molecule has 0 bridgehead atoms. The molecule has 0 saturated carbocycles. The number of hydrogen-bond donors (Lipinski definition) is 0. The fourth-order valence-corrected chi connectivity index (χ4v) is 4.35. The molecule has 2 aliphatic rings. The molecule has 6 heteroatoms. The van der Waals surface area contributed by atoms with E-state index in [1.165, 1.54) is 4.90 Å². The average Bonchev–Trinajstić information content (AvgIpc) is 3.26. The van der Waals surface area contributed by atoms with Gasteiger partial charge in [0.1, 0.15) is 11.5 Å². The van der Waals surface area contributed by atoms with Crippen molar-refractivity contribution >= 4 is 11.8 Å². The number of amides is 2. The highest BCUT2D eigenvalue weighted by Crippen LogP contribution is 2.35. The van der Waals surface area contributed by atoms with Gasteiger partial charge in [-0.25, -0.2) is 0 Å². The molecular formula is C23H26N2O4. The van der Waals surface area contributed by atoms with E-state index >= 15 is 0 Å². The molecule has 6 nitrogen and oxygen atoms in total. The Kier molecular flexibility index (Phi) is 5.53. The first-order valence-electron chi connectivity index (χ1n) is 9.93. The number of ether oxygens (including phenoxy) is 2. The number of rotatable bonds is 7. The summed E-state index contributed by atoms with van der Waals surface area (Å²) in [5.74, 6) is 0.970. The molecule has 152 valence electrons. The van der Waals surface area contributed by atoms with Crippen molar-refractivity contribution in [1.82, 2.24) is 9.80 Å². The number of benzene rings is 2. The van der Waals surface area contributed by atoms with Gasteiger partial charge in [-0.15, -0.1) is 0 Å². The molecule has 2 atom stereocenters. The second-order valence-corrected chi connectivity index (χ2v) is 7.65. The highest BCUT2D eigenvalue weighted by atomic mass is 16.5. The van der Waals surface area contributed by atoms with Gasteiger partial charge < -0.3 is 9.47 Å². The highest BCUT2D eigenvalue weighted by Gasteiger charge is 2.51. The fraction of sp³-hybridized carbons (Fsp3) is 0.391. The lowest BCUT2D eigenvalue weighted by atomic mass is 10.00. The van der Waals surface area contributed by atoms with E-state index in [-0.39, 0.29) is 23.7 Å². The van der Waals surface area contributed by atoms with Crippen molar-refractivity contribution in [3.63, 3.8) is 0 Å². The minimum Gasteiger partial charge on any atom is -0.497 e. The maximum atomic E-state index is 12.9. The molecule has 2 amide bonds. The van der Waals surface area contributed by atoms with Crippen LogP contribution in [0, 0.1) is 11.8 Å². The third kappa shape index (κ3) is 3.85. The lowest BCUT2D eigenvalue weighted by Crippen LogP contribution is -2.37. The molecular weight excluding hydrogens is 368 g/mol. The molecule has 2 fully saturated rings. The monoisotopic (exact) mass is 394 g/mol. The number of fused-ring (bicyclic) bond motifs is 1. The zero-order chi connectivity index (χ0) is 20.4. The highest BCUT2D eigenvalue weighted by molar-refractivity contribution is 6.05. The SMILES string of the molecule is COc1ccc(CN2C[C@@H]3C(=O)N(CCc4ccccc4)C(=O)[C@@H]3C2)c(OC)c1. The number of methoxy groups -OCH3 is 2. The third-order valence-corrected chi connectivity index (χ3v) is 5.92.